The number of carboxylic acid groups (broad SMARTS) is 1. The van der Waals surface area contributed by atoms with Crippen LogP contribution in [0.3, 0.4) is 0 Å². The van der Waals surface area contributed by atoms with Crippen molar-refractivity contribution in [2.24, 2.45) is 5.92 Å². The van der Waals surface area contributed by atoms with Crippen LogP contribution in [0.25, 0.3) is 0 Å². The third kappa shape index (κ3) is 3.32. The van der Waals surface area contributed by atoms with Gasteiger partial charge in [-0.15, -0.1) is 0 Å². The Morgan fingerprint density at radius 3 is 2.56 bits per heavy atom. The number of carbonyl (C=O) groups is 2. The largest absolute Gasteiger partial charge is 0.479 e. The van der Waals surface area contributed by atoms with Crippen molar-refractivity contribution in [2.45, 2.75) is 24.9 Å². The quantitative estimate of drug-likeness (QED) is 0.865. The molecule has 2 N–H and O–H groups in total. The van der Waals surface area contributed by atoms with Crippen molar-refractivity contribution in [2.75, 3.05) is 13.1 Å². The van der Waals surface area contributed by atoms with Gasteiger partial charge >= 0.3 is 12.0 Å². The molecule has 2 amide bonds. The Balaban J connectivity index is 1.52. The molecule has 1 aromatic heterocycles. The lowest BCUT2D eigenvalue weighted by Gasteiger charge is -2.42. The first kappa shape index (κ1) is 17.3. The number of likely N-dealkylation sites (tertiary alicyclic amines) is 1. The molecular formula is C20H21N3O4. The summed E-state index contributed by atoms with van der Waals surface area (Å²) in [5.41, 5.74) is 1.48. The average molecular weight is 367 g/mol. The smallest absolute Gasteiger partial charge is 0.330 e. The Hall–Kier alpha value is -3.09. The van der Waals surface area contributed by atoms with E-state index >= 15 is 0 Å². The molecule has 1 aromatic carbocycles. The van der Waals surface area contributed by atoms with Gasteiger partial charge in [-0.3, -0.25) is 4.79 Å². The Kier molecular flexibility index (Phi) is 4.43. The molecule has 1 fully saturated rings. The van der Waals surface area contributed by atoms with E-state index < -0.39 is 12.0 Å². The first-order valence-corrected chi connectivity index (χ1v) is 9.06. The standard InChI is InChI=1S/C20H21N3O4/c24-17-8-4-7-16-15-9-13(11-23(16)17)10-22(12-15)20(27)21-18(19(25)26)14-5-2-1-3-6-14/h1-8,13,15,18H,9-12H2,(H,21,27)(H,25,26). The van der Waals surface area contributed by atoms with Gasteiger partial charge < -0.3 is 19.9 Å². The Labute approximate surface area is 156 Å². The first-order chi connectivity index (χ1) is 13.0. The summed E-state index contributed by atoms with van der Waals surface area (Å²) in [6.45, 7) is 1.59. The summed E-state index contributed by atoms with van der Waals surface area (Å²) in [7, 11) is 0. The van der Waals surface area contributed by atoms with Gasteiger partial charge in [0.2, 0.25) is 0 Å². The molecule has 0 radical (unpaired) electrons. The minimum Gasteiger partial charge on any atom is -0.479 e. The van der Waals surface area contributed by atoms with E-state index in [0.717, 1.165) is 12.1 Å². The molecule has 3 unspecified atom stereocenters. The highest BCUT2D eigenvalue weighted by molar-refractivity contribution is 5.83. The zero-order valence-electron chi connectivity index (χ0n) is 14.7. The molecule has 2 aliphatic heterocycles. The summed E-state index contributed by atoms with van der Waals surface area (Å²) in [5.74, 6) is -0.803. The van der Waals surface area contributed by atoms with Crippen molar-refractivity contribution in [3.8, 4) is 0 Å². The van der Waals surface area contributed by atoms with Gasteiger partial charge in [0.15, 0.2) is 6.04 Å². The van der Waals surface area contributed by atoms with Gasteiger partial charge in [-0.05, 0) is 24.0 Å². The number of piperidine rings is 1. The van der Waals surface area contributed by atoms with Crippen LogP contribution >= 0.6 is 0 Å². The summed E-state index contributed by atoms with van der Waals surface area (Å²) < 4.78 is 1.80. The fraction of sp³-hybridized carbons (Fsp3) is 0.350. The summed E-state index contributed by atoms with van der Waals surface area (Å²) in [5, 5.41) is 12.2. The number of nitrogens with zero attached hydrogens (tertiary/aromatic N) is 2. The Morgan fingerprint density at radius 2 is 1.81 bits per heavy atom. The number of benzene rings is 1. The van der Waals surface area contributed by atoms with E-state index in [0.29, 0.717) is 25.2 Å². The molecule has 2 bridgehead atoms. The number of urea groups is 1. The second-order valence-electron chi connectivity index (χ2n) is 7.23. The maximum atomic E-state index is 12.8. The summed E-state index contributed by atoms with van der Waals surface area (Å²) in [6.07, 6.45) is 0.939. The lowest BCUT2D eigenvalue weighted by atomic mass is 9.83. The molecule has 0 saturated carbocycles. The third-order valence-corrected chi connectivity index (χ3v) is 5.41. The second-order valence-corrected chi connectivity index (χ2v) is 7.23. The monoisotopic (exact) mass is 367 g/mol. The average Bonchev–Trinajstić information content (AvgIpc) is 2.67. The van der Waals surface area contributed by atoms with Crippen LogP contribution in [-0.4, -0.2) is 39.7 Å². The number of rotatable bonds is 3. The van der Waals surface area contributed by atoms with Gasteiger partial charge in [0, 0.05) is 37.3 Å². The van der Waals surface area contributed by atoms with Crippen LogP contribution in [0, 0.1) is 5.92 Å². The number of carbonyl (C=O) groups excluding carboxylic acids is 1. The Bertz CT molecular complexity index is 924. The van der Waals surface area contributed by atoms with Crippen LogP contribution in [-0.2, 0) is 11.3 Å². The number of hydrogen-bond acceptors (Lipinski definition) is 3. The predicted octanol–water partition coefficient (Wildman–Crippen LogP) is 1.80. The number of nitrogens with one attached hydrogen (secondary N) is 1. The van der Waals surface area contributed by atoms with Crippen molar-refractivity contribution in [1.29, 1.82) is 0 Å². The fourth-order valence-electron chi connectivity index (χ4n) is 4.21. The van der Waals surface area contributed by atoms with Gasteiger partial charge in [0.1, 0.15) is 0 Å². The van der Waals surface area contributed by atoms with E-state index in [1.165, 1.54) is 0 Å². The van der Waals surface area contributed by atoms with Crippen LogP contribution in [0.5, 0.6) is 0 Å². The summed E-state index contributed by atoms with van der Waals surface area (Å²) >= 11 is 0. The van der Waals surface area contributed by atoms with Gasteiger partial charge in [0.05, 0.1) is 0 Å². The molecule has 7 heteroatoms. The first-order valence-electron chi connectivity index (χ1n) is 9.06. The van der Waals surface area contributed by atoms with E-state index in [1.54, 1.807) is 51.9 Å². The van der Waals surface area contributed by atoms with Crippen LogP contribution < -0.4 is 10.9 Å². The zero-order chi connectivity index (χ0) is 19.0. The molecule has 2 aliphatic rings. The van der Waals surface area contributed by atoms with Crippen LogP contribution in [0.1, 0.15) is 29.6 Å². The third-order valence-electron chi connectivity index (χ3n) is 5.41. The normalized spacial score (nSPS) is 21.9. The second kappa shape index (κ2) is 6.90. The SMILES string of the molecule is O=C(O)C(NC(=O)N1CC2CC(C1)c1cccc(=O)n1C2)c1ccccc1. The Morgan fingerprint density at radius 1 is 1.04 bits per heavy atom. The number of aromatic nitrogens is 1. The molecule has 2 aromatic rings. The maximum Gasteiger partial charge on any atom is 0.330 e. The number of amides is 2. The molecule has 7 nitrogen and oxygen atoms in total. The molecule has 1 saturated heterocycles. The van der Waals surface area contributed by atoms with Gasteiger partial charge in [-0.1, -0.05) is 36.4 Å². The minimum atomic E-state index is -1.09. The zero-order valence-corrected chi connectivity index (χ0v) is 14.7. The van der Waals surface area contributed by atoms with Crippen molar-refractivity contribution in [3.05, 3.63) is 70.1 Å². The van der Waals surface area contributed by atoms with Gasteiger partial charge in [-0.2, -0.15) is 0 Å². The lowest BCUT2D eigenvalue weighted by Crippen LogP contribution is -2.52. The maximum absolute atomic E-state index is 12.8. The number of aliphatic carboxylic acids is 1. The van der Waals surface area contributed by atoms with Gasteiger partial charge in [-0.25, -0.2) is 9.59 Å². The van der Waals surface area contributed by atoms with E-state index in [4.69, 9.17) is 0 Å². The number of pyridine rings is 1. The van der Waals surface area contributed by atoms with E-state index in [2.05, 4.69) is 5.32 Å². The van der Waals surface area contributed by atoms with Crippen LogP contribution in [0.4, 0.5) is 4.79 Å². The topological polar surface area (TPSA) is 91.6 Å². The molecule has 3 atom stereocenters. The molecule has 0 aliphatic carbocycles. The van der Waals surface area contributed by atoms with Crippen LogP contribution in [0.2, 0.25) is 0 Å². The van der Waals surface area contributed by atoms with Crippen molar-refractivity contribution < 1.29 is 14.7 Å². The van der Waals surface area contributed by atoms with Crippen LogP contribution in [0.15, 0.2) is 53.3 Å². The van der Waals surface area contributed by atoms with E-state index in [-0.39, 0.29) is 23.4 Å². The molecule has 0 spiro atoms. The molecule has 140 valence electrons. The van der Waals surface area contributed by atoms with E-state index in [1.807, 2.05) is 6.07 Å². The lowest BCUT2D eigenvalue weighted by molar-refractivity contribution is -0.139. The highest BCUT2D eigenvalue weighted by atomic mass is 16.4. The number of hydrogen-bond donors (Lipinski definition) is 2. The summed E-state index contributed by atoms with van der Waals surface area (Å²) in [4.78, 5) is 38.2. The molecule has 3 heterocycles. The number of fused-ring (bicyclic) bond motifs is 4. The highest BCUT2D eigenvalue weighted by Gasteiger charge is 2.37. The molecule has 27 heavy (non-hydrogen) atoms. The predicted molar refractivity (Wildman–Crippen MR) is 98.5 cm³/mol. The van der Waals surface area contributed by atoms with Crippen molar-refractivity contribution >= 4 is 12.0 Å². The number of carboxylic acids is 1. The highest BCUT2D eigenvalue weighted by Crippen LogP contribution is 2.35. The van der Waals surface area contributed by atoms with Crippen molar-refractivity contribution in [1.82, 2.24) is 14.8 Å². The summed E-state index contributed by atoms with van der Waals surface area (Å²) in [6, 6.07) is 12.5. The van der Waals surface area contributed by atoms with Crippen molar-refractivity contribution in [3.63, 3.8) is 0 Å². The van der Waals surface area contributed by atoms with Gasteiger partial charge in [0.25, 0.3) is 5.56 Å². The molecular weight excluding hydrogens is 346 g/mol. The fourth-order valence-corrected chi connectivity index (χ4v) is 4.21. The van der Waals surface area contributed by atoms with E-state index in [9.17, 15) is 19.5 Å². The minimum absolute atomic E-state index is 0.00452. The molecule has 4 rings (SSSR count).